The number of carboxylic acids is 1. The second-order valence-corrected chi connectivity index (χ2v) is 10.7. The van der Waals surface area contributed by atoms with Gasteiger partial charge < -0.3 is 14.7 Å². The summed E-state index contributed by atoms with van der Waals surface area (Å²) in [4.78, 5) is 33.5. The number of nitrogens with one attached hydrogen (secondary N) is 3. The average molecular weight is 572 g/mol. The molecule has 2 aromatic heterocycles. The lowest BCUT2D eigenvalue weighted by atomic mass is 10.0. The van der Waals surface area contributed by atoms with Crippen LogP contribution in [0.4, 0.5) is 5.69 Å². The molecule has 5 rings (SSSR count). The third kappa shape index (κ3) is 5.10. The van der Waals surface area contributed by atoms with E-state index >= 15 is 0 Å². The van der Waals surface area contributed by atoms with E-state index in [1.54, 1.807) is 28.0 Å². The van der Waals surface area contributed by atoms with Gasteiger partial charge in [0.25, 0.3) is 5.56 Å². The van der Waals surface area contributed by atoms with Gasteiger partial charge in [-0.2, -0.15) is 5.10 Å². The maximum Gasteiger partial charge on any atom is 0.308 e. The first-order valence-electron chi connectivity index (χ1n) is 11.6. The van der Waals surface area contributed by atoms with Crippen molar-refractivity contribution < 1.29 is 9.90 Å². The van der Waals surface area contributed by atoms with Gasteiger partial charge in [0.2, 0.25) is 0 Å². The Morgan fingerprint density at radius 3 is 2.84 bits per heavy atom. The number of fused-ring (bicyclic) bond motifs is 1. The lowest BCUT2D eigenvalue weighted by molar-refractivity contribution is -0.136. The first-order valence-corrected chi connectivity index (χ1v) is 13.2. The summed E-state index contributed by atoms with van der Waals surface area (Å²) in [7, 11) is 0. The van der Waals surface area contributed by atoms with Crippen LogP contribution in [0.1, 0.15) is 43.0 Å². The van der Waals surface area contributed by atoms with Crippen LogP contribution < -0.4 is 21.6 Å². The minimum Gasteiger partial charge on any atom is -0.481 e. The van der Waals surface area contributed by atoms with Crippen molar-refractivity contribution in [2.45, 2.75) is 32.2 Å². The van der Waals surface area contributed by atoms with Crippen molar-refractivity contribution in [3.05, 3.63) is 85.6 Å². The van der Waals surface area contributed by atoms with Crippen LogP contribution in [0.5, 0.6) is 0 Å². The number of aryl methyl sites for hydroxylation is 1. The minimum atomic E-state index is -0.959. The molecule has 4 heterocycles. The minimum absolute atomic E-state index is 0.170. The molecule has 0 aliphatic carbocycles. The summed E-state index contributed by atoms with van der Waals surface area (Å²) in [5, 5.41) is 15.6. The van der Waals surface area contributed by atoms with E-state index in [-0.39, 0.29) is 18.0 Å². The molecule has 13 heteroatoms. The fourth-order valence-electron chi connectivity index (χ4n) is 4.57. The molecule has 1 unspecified atom stereocenters. The molecule has 0 bridgehead atoms. The fourth-order valence-corrected chi connectivity index (χ4v) is 5.91. The van der Waals surface area contributed by atoms with Crippen molar-refractivity contribution in [2.75, 3.05) is 5.01 Å². The third-order valence-electron chi connectivity index (χ3n) is 6.16. The molecule has 0 saturated carbocycles. The molecule has 4 N–H and O–H groups in total. The van der Waals surface area contributed by atoms with Crippen molar-refractivity contribution in [1.82, 2.24) is 25.6 Å². The number of carboxylic acid groups (broad SMARTS) is 1. The largest absolute Gasteiger partial charge is 0.481 e. The molecule has 3 aromatic rings. The maximum absolute atomic E-state index is 13.4. The van der Waals surface area contributed by atoms with Gasteiger partial charge in [0.15, 0.2) is 0 Å². The first kappa shape index (κ1) is 26.1. The van der Waals surface area contributed by atoms with Crippen LogP contribution in [0.15, 0.2) is 57.8 Å². The van der Waals surface area contributed by atoms with E-state index in [0.29, 0.717) is 44.3 Å². The van der Waals surface area contributed by atoms with Crippen molar-refractivity contribution >= 4 is 57.9 Å². The molecule has 0 radical (unpaired) electrons. The van der Waals surface area contributed by atoms with Gasteiger partial charge in [0.05, 0.1) is 18.2 Å². The first-order chi connectivity index (χ1) is 18.2. The number of hydrogen-bond donors (Lipinski definition) is 4. The fraction of sp³-hybridized carbons (Fsp3) is 0.200. The van der Waals surface area contributed by atoms with E-state index < -0.39 is 5.97 Å². The Morgan fingerprint density at radius 2 is 2.13 bits per heavy atom. The number of aliphatic carboxylic acids is 1. The van der Waals surface area contributed by atoms with Gasteiger partial charge in [-0.25, -0.2) is 15.5 Å². The number of halogens is 2. The zero-order valence-corrected chi connectivity index (χ0v) is 22.5. The zero-order chi connectivity index (χ0) is 27.0. The number of hydrogen-bond acceptors (Lipinski definition) is 8. The van der Waals surface area contributed by atoms with Gasteiger partial charge >= 0.3 is 5.97 Å². The molecule has 10 nitrogen and oxygen atoms in total. The lowest BCUT2D eigenvalue weighted by Gasteiger charge is -2.19. The number of nitrogens with zero attached hydrogens (tertiary/aromatic N) is 4. The Labute approximate surface area is 232 Å². The molecule has 2 aliphatic rings. The van der Waals surface area contributed by atoms with Crippen molar-refractivity contribution in [1.29, 1.82) is 0 Å². The van der Waals surface area contributed by atoms with Gasteiger partial charge in [0, 0.05) is 27.3 Å². The standard InChI is InChI=1S/C25H23Cl2N7O3S/c1-3-20(38-13(2)8-22(36)37)23-24(27)30-25(29-23)19-7-5-16-9-14(10-21(35)34(16)19)17-11-15(26)4-6-18(17)33-12-28-31-32-33/h3-4,6,9-12,19,31-32H,2,5,7-8H2,1H3,(H,29,30)(H,36,37). The van der Waals surface area contributed by atoms with E-state index in [9.17, 15) is 9.59 Å². The number of imidazole rings is 1. The summed E-state index contributed by atoms with van der Waals surface area (Å²) in [5.74, 6) is -0.395. The van der Waals surface area contributed by atoms with Gasteiger partial charge in [0.1, 0.15) is 23.0 Å². The molecule has 0 spiro atoms. The summed E-state index contributed by atoms with van der Waals surface area (Å²) in [5.41, 5.74) is 9.08. The summed E-state index contributed by atoms with van der Waals surface area (Å²) >= 11 is 14.0. The Bertz CT molecular complexity index is 1560. The number of hydrazine groups is 2. The van der Waals surface area contributed by atoms with Crippen molar-refractivity contribution in [3.63, 3.8) is 0 Å². The highest BCUT2D eigenvalue weighted by molar-refractivity contribution is 8.11. The number of H-pyrrole nitrogens is 1. The highest BCUT2D eigenvalue weighted by Gasteiger charge is 2.30. The Balaban J connectivity index is 1.47. The number of carbonyl (C=O) groups is 1. The number of pyridine rings is 1. The molecule has 0 saturated heterocycles. The molecular weight excluding hydrogens is 549 g/mol. The predicted octanol–water partition coefficient (Wildman–Crippen LogP) is 4.94. The predicted molar refractivity (Wildman–Crippen MR) is 151 cm³/mol. The highest BCUT2D eigenvalue weighted by atomic mass is 35.5. The second kappa shape index (κ2) is 10.7. The number of aromatic nitrogens is 3. The maximum atomic E-state index is 13.4. The SMILES string of the molecule is C=C(CC(=O)O)SC(=CC)c1nc(C2CCc3cc(-c4cc(Cl)ccc4N4C=NNN4)cc(=O)n32)[nH]c1Cl. The van der Waals surface area contributed by atoms with Gasteiger partial charge in [-0.15, -0.1) is 5.53 Å². The summed E-state index contributed by atoms with van der Waals surface area (Å²) < 4.78 is 1.73. The van der Waals surface area contributed by atoms with E-state index in [2.05, 4.69) is 27.7 Å². The normalized spacial score (nSPS) is 16.6. The van der Waals surface area contributed by atoms with Crippen LogP contribution in [0, 0.1) is 0 Å². The van der Waals surface area contributed by atoms with E-state index in [1.165, 1.54) is 11.8 Å². The number of rotatable bonds is 8. The van der Waals surface area contributed by atoms with Gasteiger partial charge in [-0.3, -0.25) is 9.59 Å². The van der Waals surface area contributed by atoms with Gasteiger partial charge in [-0.05, 0) is 54.5 Å². The van der Waals surface area contributed by atoms with E-state index in [1.807, 2.05) is 31.2 Å². The topological polar surface area (TPSA) is 128 Å². The Hall–Kier alpha value is -3.51. The number of anilines is 1. The lowest BCUT2D eigenvalue weighted by Crippen LogP contribution is -2.37. The summed E-state index contributed by atoms with van der Waals surface area (Å²) in [6.07, 6.45) is 4.57. The molecule has 0 amide bonds. The molecule has 2 aliphatic heterocycles. The quantitative estimate of drug-likeness (QED) is 0.299. The molecule has 0 fully saturated rings. The monoisotopic (exact) mass is 571 g/mol. The molecule has 1 atom stereocenters. The number of allylic oxidation sites excluding steroid dienone is 1. The van der Waals surface area contributed by atoms with Gasteiger partial charge in [-0.1, -0.05) is 47.6 Å². The molecular formula is C25H23Cl2N7O3S. The number of aromatic amines is 1. The smallest absolute Gasteiger partial charge is 0.308 e. The molecule has 1 aromatic carbocycles. The van der Waals surface area contributed by atoms with Crippen molar-refractivity contribution in [3.8, 4) is 11.1 Å². The number of thioether (sulfide) groups is 1. The van der Waals surface area contributed by atoms with Crippen LogP contribution in [0.2, 0.25) is 10.2 Å². The molecule has 38 heavy (non-hydrogen) atoms. The van der Waals surface area contributed by atoms with Crippen LogP contribution >= 0.6 is 35.0 Å². The van der Waals surface area contributed by atoms with Crippen LogP contribution in [0.25, 0.3) is 16.0 Å². The Morgan fingerprint density at radius 1 is 1.32 bits per heavy atom. The van der Waals surface area contributed by atoms with Crippen LogP contribution in [-0.2, 0) is 11.2 Å². The van der Waals surface area contributed by atoms with E-state index in [4.69, 9.17) is 33.3 Å². The zero-order valence-electron chi connectivity index (χ0n) is 20.2. The second-order valence-electron chi connectivity index (χ2n) is 8.65. The summed E-state index contributed by atoms with van der Waals surface area (Å²) in [6.45, 7) is 5.64. The third-order valence-corrected chi connectivity index (χ3v) is 7.75. The van der Waals surface area contributed by atoms with Crippen LogP contribution in [0.3, 0.4) is 0 Å². The summed E-state index contributed by atoms with van der Waals surface area (Å²) in [6, 6.07) is 8.70. The Kier molecular flexibility index (Phi) is 7.35. The van der Waals surface area contributed by atoms with E-state index in [0.717, 1.165) is 22.5 Å². The number of hydrazone groups is 1. The van der Waals surface area contributed by atoms with Crippen LogP contribution in [-0.4, -0.2) is 31.9 Å². The number of benzene rings is 1. The molecule has 196 valence electrons. The van der Waals surface area contributed by atoms with Crippen molar-refractivity contribution in [2.24, 2.45) is 5.10 Å². The highest BCUT2D eigenvalue weighted by Crippen LogP contribution is 2.39. The average Bonchev–Trinajstić information content (AvgIpc) is 3.62.